The van der Waals surface area contributed by atoms with Crippen LogP contribution in [0.25, 0.3) is 0 Å². The molecule has 0 aromatic carbocycles. The van der Waals surface area contributed by atoms with Gasteiger partial charge in [0.2, 0.25) is 0 Å². The molecule has 5 N–H and O–H groups in total. The van der Waals surface area contributed by atoms with Gasteiger partial charge in [0.25, 0.3) is 0 Å². The van der Waals surface area contributed by atoms with E-state index >= 15 is 0 Å². The minimum Gasteiger partial charge on any atom is -0.450 e. The van der Waals surface area contributed by atoms with Crippen LogP contribution in [0.1, 0.15) is 0 Å². The monoisotopic (exact) mass is 199 g/mol. The Kier molecular flexibility index (Phi) is 15.3. The average Bonchev–Trinajstić information content (AvgIpc) is 2.03. The molecular formula is C5H13NO7. The smallest absolute Gasteiger partial charge is 0.450 e. The van der Waals surface area contributed by atoms with Crippen molar-refractivity contribution in [2.24, 2.45) is 0 Å². The molecule has 0 aliphatic rings. The van der Waals surface area contributed by atoms with Crippen LogP contribution in [0.5, 0.6) is 0 Å². The topological polar surface area (TPSA) is 128 Å². The number of carboxylic acid groups (broad SMARTS) is 2. The van der Waals surface area contributed by atoms with Crippen molar-refractivity contribution < 1.29 is 34.9 Å². The Morgan fingerprint density at radius 2 is 1.38 bits per heavy atom. The number of aliphatic hydroxyl groups is 2. The van der Waals surface area contributed by atoms with E-state index in [1.165, 1.54) is 0 Å². The molecule has 0 saturated heterocycles. The Hall–Kier alpha value is -0.930. The van der Waals surface area contributed by atoms with Crippen LogP contribution >= 0.6 is 0 Å². The van der Waals surface area contributed by atoms with E-state index in [-0.39, 0.29) is 26.4 Å². The van der Waals surface area contributed by atoms with Crippen molar-refractivity contribution in [3.63, 3.8) is 0 Å². The summed E-state index contributed by atoms with van der Waals surface area (Å²) >= 11 is 0. The molecule has 0 saturated carbocycles. The van der Waals surface area contributed by atoms with Crippen LogP contribution in [-0.4, -0.2) is 53.0 Å². The fourth-order valence-electron chi connectivity index (χ4n) is 0.216. The molecule has 13 heavy (non-hydrogen) atoms. The van der Waals surface area contributed by atoms with Gasteiger partial charge in [0.15, 0.2) is 0 Å². The van der Waals surface area contributed by atoms with Crippen molar-refractivity contribution in [2.45, 2.75) is 0 Å². The maximum Gasteiger partial charge on any atom is 0.503 e. The SMILES string of the molecule is O=C(O)O.OCCONOCCO. The quantitative estimate of drug-likeness (QED) is 0.262. The first-order valence-corrected chi connectivity index (χ1v) is 3.27. The highest BCUT2D eigenvalue weighted by atomic mass is 16.9. The average molecular weight is 199 g/mol. The van der Waals surface area contributed by atoms with Gasteiger partial charge in [-0.15, -0.1) is 0 Å². The van der Waals surface area contributed by atoms with E-state index in [0.29, 0.717) is 0 Å². The first-order valence-electron chi connectivity index (χ1n) is 3.27. The van der Waals surface area contributed by atoms with Gasteiger partial charge in [-0.1, -0.05) is 5.64 Å². The molecule has 8 nitrogen and oxygen atoms in total. The third-order valence-electron chi connectivity index (χ3n) is 0.505. The minimum absolute atomic E-state index is 0.0600. The molecule has 0 bridgehead atoms. The van der Waals surface area contributed by atoms with Crippen LogP contribution < -0.4 is 5.64 Å². The first-order chi connectivity index (χ1) is 6.15. The van der Waals surface area contributed by atoms with Crippen molar-refractivity contribution in [3.05, 3.63) is 0 Å². The highest BCUT2D eigenvalue weighted by molar-refractivity contribution is 5.53. The summed E-state index contributed by atoms with van der Waals surface area (Å²) in [6, 6.07) is 0. The first kappa shape index (κ1) is 14.6. The maximum absolute atomic E-state index is 8.56. The molecule has 0 aliphatic carbocycles. The van der Waals surface area contributed by atoms with Gasteiger partial charge in [0.05, 0.1) is 26.4 Å². The molecule has 0 aromatic heterocycles. The lowest BCUT2D eigenvalue weighted by atomic mass is 10.8. The van der Waals surface area contributed by atoms with Crippen molar-refractivity contribution >= 4 is 6.16 Å². The van der Waals surface area contributed by atoms with Gasteiger partial charge in [0.1, 0.15) is 0 Å². The predicted molar refractivity (Wildman–Crippen MR) is 39.9 cm³/mol. The standard InChI is InChI=1S/C4H11NO4.CH2O3/c6-1-3-8-5-9-4-2-7;2-1(3)4/h5-7H,1-4H2;(H2,2,3,4). The molecule has 0 spiro atoms. The number of aliphatic hydroxyl groups excluding tert-OH is 2. The lowest BCUT2D eigenvalue weighted by molar-refractivity contribution is -0.178. The zero-order valence-electron chi connectivity index (χ0n) is 6.84. The summed E-state index contributed by atoms with van der Waals surface area (Å²) in [7, 11) is 0. The van der Waals surface area contributed by atoms with E-state index in [2.05, 4.69) is 15.3 Å². The Morgan fingerprint density at radius 1 is 1.08 bits per heavy atom. The van der Waals surface area contributed by atoms with Crippen LogP contribution in [0.2, 0.25) is 0 Å². The lowest BCUT2D eigenvalue weighted by Crippen LogP contribution is -2.19. The molecule has 0 aromatic rings. The number of hydrogen-bond acceptors (Lipinski definition) is 6. The molecule has 0 aliphatic heterocycles. The second kappa shape index (κ2) is 13.6. The van der Waals surface area contributed by atoms with Crippen LogP contribution in [-0.2, 0) is 9.68 Å². The summed E-state index contributed by atoms with van der Waals surface area (Å²) in [5, 5.41) is 30.3. The molecule has 0 radical (unpaired) electrons. The summed E-state index contributed by atoms with van der Waals surface area (Å²) in [6.45, 7) is 0.224. The summed E-state index contributed by atoms with van der Waals surface area (Å²) in [4.78, 5) is 17.5. The van der Waals surface area contributed by atoms with Crippen molar-refractivity contribution in [2.75, 3.05) is 26.4 Å². The van der Waals surface area contributed by atoms with E-state index in [9.17, 15) is 0 Å². The highest BCUT2D eigenvalue weighted by Gasteiger charge is 1.83. The summed E-state index contributed by atoms with van der Waals surface area (Å²) in [6.07, 6.45) is -1.83. The molecular weight excluding hydrogens is 186 g/mol. The zero-order chi connectivity index (χ0) is 10.5. The summed E-state index contributed by atoms with van der Waals surface area (Å²) < 4.78 is 0. The van der Waals surface area contributed by atoms with Gasteiger partial charge in [-0.3, -0.25) is 9.68 Å². The van der Waals surface area contributed by atoms with Gasteiger partial charge in [-0.05, 0) is 0 Å². The number of hydrogen-bond donors (Lipinski definition) is 5. The van der Waals surface area contributed by atoms with Gasteiger partial charge < -0.3 is 20.4 Å². The largest absolute Gasteiger partial charge is 0.503 e. The van der Waals surface area contributed by atoms with Crippen LogP contribution in [0.3, 0.4) is 0 Å². The van der Waals surface area contributed by atoms with Crippen molar-refractivity contribution in [3.8, 4) is 0 Å². The van der Waals surface area contributed by atoms with E-state index < -0.39 is 6.16 Å². The fourth-order valence-corrected chi connectivity index (χ4v) is 0.216. The summed E-state index contributed by atoms with van der Waals surface area (Å²) in [5.41, 5.74) is 2.07. The van der Waals surface area contributed by atoms with E-state index in [4.69, 9.17) is 25.2 Å². The molecule has 0 heterocycles. The fraction of sp³-hybridized carbons (Fsp3) is 0.800. The predicted octanol–water partition coefficient (Wildman–Crippen LogP) is -1.35. The molecule has 0 amide bonds. The summed E-state index contributed by atoms with van der Waals surface area (Å²) in [5.74, 6) is 0. The minimum atomic E-state index is -1.83. The van der Waals surface area contributed by atoms with Crippen LogP contribution in [0.15, 0.2) is 0 Å². The van der Waals surface area contributed by atoms with Gasteiger partial charge in [-0.2, -0.15) is 0 Å². The second-order valence-corrected chi connectivity index (χ2v) is 1.51. The van der Waals surface area contributed by atoms with Crippen LogP contribution in [0.4, 0.5) is 4.79 Å². The van der Waals surface area contributed by atoms with Crippen molar-refractivity contribution in [1.29, 1.82) is 0 Å². The molecule has 80 valence electrons. The Bertz CT molecular complexity index is 99.1. The lowest BCUT2D eigenvalue weighted by Gasteiger charge is -2.01. The number of nitrogens with one attached hydrogen (secondary N) is 1. The van der Waals surface area contributed by atoms with E-state index in [1.807, 2.05) is 0 Å². The normalized spacial score (nSPS) is 8.77. The molecule has 0 atom stereocenters. The zero-order valence-corrected chi connectivity index (χ0v) is 6.84. The Balaban J connectivity index is 0. The highest BCUT2D eigenvalue weighted by Crippen LogP contribution is 1.67. The van der Waals surface area contributed by atoms with E-state index in [0.717, 1.165) is 0 Å². The Morgan fingerprint density at radius 3 is 1.62 bits per heavy atom. The molecule has 0 rings (SSSR count). The van der Waals surface area contributed by atoms with Crippen molar-refractivity contribution in [1.82, 2.24) is 5.64 Å². The third kappa shape index (κ3) is 35.4. The third-order valence-corrected chi connectivity index (χ3v) is 0.505. The van der Waals surface area contributed by atoms with Gasteiger partial charge in [0, 0.05) is 0 Å². The maximum atomic E-state index is 8.56. The number of rotatable bonds is 6. The van der Waals surface area contributed by atoms with Gasteiger partial charge >= 0.3 is 6.16 Å². The molecule has 0 fully saturated rings. The van der Waals surface area contributed by atoms with E-state index in [1.54, 1.807) is 0 Å². The second-order valence-electron chi connectivity index (χ2n) is 1.51. The van der Waals surface area contributed by atoms with Crippen LogP contribution in [0, 0.1) is 0 Å². The Labute approximate surface area is 74.2 Å². The number of carbonyl (C=O) groups is 1. The molecule has 0 unspecified atom stereocenters. The molecule has 8 heteroatoms. The van der Waals surface area contributed by atoms with Gasteiger partial charge in [-0.25, -0.2) is 4.79 Å².